The van der Waals surface area contributed by atoms with Gasteiger partial charge in [-0.25, -0.2) is 17.2 Å². The van der Waals surface area contributed by atoms with Gasteiger partial charge < -0.3 is 10.4 Å². The van der Waals surface area contributed by atoms with Gasteiger partial charge in [-0.2, -0.15) is 5.10 Å². The lowest BCUT2D eigenvalue weighted by molar-refractivity contribution is 0.0683. The summed E-state index contributed by atoms with van der Waals surface area (Å²) in [6, 6.07) is 14.6. The molecule has 0 radical (unpaired) electrons. The molecule has 0 unspecified atom stereocenters. The molecule has 2 aromatic heterocycles. The number of carbonyl (C=O) groups is 2. The lowest BCUT2D eigenvalue weighted by Gasteiger charge is -2.10. The molecule has 2 aromatic carbocycles. The number of nitrogens with zero attached hydrogens (tertiary/aromatic N) is 3. The standard InChI is InChI=1S/C22H20N4O5S/c1-14-6-8-16(9-7-14)32(30,31)26-11-10-17-15(4-3-5-19(17)26)13-25-20(22(28)29)12-18(24-25)21(27)23-2/h3-12H,13H2,1-2H3,(H,23,27)(H,28,29). The third-order valence-electron chi connectivity index (χ3n) is 5.14. The van der Waals surface area contributed by atoms with Crippen LogP contribution < -0.4 is 5.32 Å². The maximum atomic E-state index is 13.2. The quantitative estimate of drug-likeness (QED) is 0.463. The van der Waals surface area contributed by atoms with Crippen molar-refractivity contribution in [2.45, 2.75) is 18.4 Å². The molecule has 0 spiro atoms. The molecule has 4 aromatic rings. The minimum absolute atomic E-state index is 0.0170. The summed E-state index contributed by atoms with van der Waals surface area (Å²) in [5.41, 5.74) is 1.91. The number of carbonyl (C=O) groups excluding carboxylic acids is 1. The van der Waals surface area contributed by atoms with E-state index in [1.807, 2.05) is 6.92 Å². The van der Waals surface area contributed by atoms with E-state index in [0.717, 1.165) is 5.56 Å². The predicted molar refractivity (Wildman–Crippen MR) is 117 cm³/mol. The Kier molecular flexibility index (Phi) is 5.31. The minimum Gasteiger partial charge on any atom is -0.477 e. The van der Waals surface area contributed by atoms with Crippen molar-refractivity contribution >= 4 is 32.8 Å². The lowest BCUT2D eigenvalue weighted by atomic mass is 10.1. The Bertz CT molecular complexity index is 1450. The van der Waals surface area contributed by atoms with Crippen LogP contribution in [0.25, 0.3) is 10.9 Å². The van der Waals surface area contributed by atoms with Gasteiger partial charge in [0.1, 0.15) is 5.69 Å². The molecule has 164 valence electrons. The van der Waals surface area contributed by atoms with E-state index in [0.29, 0.717) is 16.5 Å². The van der Waals surface area contributed by atoms with Crippen LogP contribution in [0.4, 0.5) is 0 Å². The summed E-state index contributed by atoms with van der Waals surface area (Å²) < 4.78 is 28.8. The fourth-order valence-electron chi connectivity index (χ4n) is 3.49. The zero-order chi connectivity index (χ0) is 23.0. The monoisotopic (exact) mass is 452 g/mol. The summed E-state index contributed by atoms with van der Waals surface area (Å²) in [5.74, 6) is -1.72. The molecular formula is C22H20N4O5S. The number of aryl methyl sites for hydroxylation is 1. The highest BCUT2D eigenvalue weighted by atomic mass is 32.2. The first-order valence-corrected chi connectivity index (χ1v) is 11.1. The Balaban J connectivity index is 1.78. The van der Waals surface area contributed by atoms with Crippen LogP contribution in [0.1, 0.15) is 32.1 Å². The van der Waals surface area contributed by atoms with Crippen molar-refractivity contribution < 1.29 is 23.1 Å². The topological polar surface area (TPSA) is 123 Å². The number of fused-ring (bicyclic) bond motifs is 1. The van der Waals surface area contributed by atoms with Crippen LogP contribution in [-0.2, 0) is 16.6 Å². The van der Waals surface area contributed by atoms with Crippen molar-refractivity contribution in [3.05, 3.63) is 83.3 Å². The molecular weight excluding hydrogens is 432 g/mol. The van der Waals surface area contributed by atoms with Gasteiger partial charge in [0.05, 0.1) is 17.0 Å². The van der Waals surface area contributed by atoms with Crippen LogP contribution in [0.2, 0.25) is 0 Å². The predicted octanol–water partition coefficient (Wildman–Crippen LogP) is 2.49. The van der Waals surface area contributed by atoms with Crippen LogP contribution in [-0.4, -0.2) is 46.2 Å². The van der Waals surface area contributed by atoms with Gasteiger partial charge in [-0.1, -0.05) is 29.8 Å². The van der Waals surface area contributed by atoms with Gasteiger partial charge in [-0.15, -0.1) is 0 Å². The van der Waals surface area contributed by atoms with E-state index in [9.17, 15) is 23.1 Å². The molecule has 1 amide bonds. The molecule has 0 aliphatic heterocycles. The van der Waals surface area contributed by atoms with Crippen LogP contribution >= 0.6 is 0 Å². The number of amides is 1. The number of hydrogen-bond donors (Lipinski definition) is 2. The van der Waals surface area contributed by atoms with E-state index in [2.05, 4.69) is 10.4 Å². The molecule has 2 N–H and O–H groups in total. The zero-order valence-corrected chi connectivity index (χ0v) is 18.1. The number of hydrogen-bond acceptors (Lipinski definition) is 5. The number of aromatic nitrogens is 3. The largest absolute Gasteiger partial charge is 0.477 e. The molecule has 0 fully saturated rings. The zero-order valence-electron chi connectivity index (χ0n) is 17.3. The van der Waals surface area contributed by atoms with Gasteiger partial charge in [0.2, 0.25) is 0 Å². The number of aromatic carboxylic acids is 1. The first-order chi connectivity index (χ1) is 15.2. The van der Waals surface area contributed by atoms with Crippen molar-refractivity contribution in [1.82, 2.24) is 19.1 Å². The molecule has 0 bridgehead atoms. The van der Waals surface area contributed by atoms with E-state index in [-0.39, 0.29) is 22.8 Å². The highest BCUT2D eigenvalue weighted by Crippen LogP contribution is 2.26. The molecule has 9 nitrogen and oxygen atoms in total. The molecule has 0 saturated heterocycles. The van der Waals surface area contributed by atoms with Crippen molar-refractivity contribution in [2.75, 3.05) is 7.05 Å². The van der Waals surface area contributed by atoms with Crippen LogP contribution in [0, 0.1) is 6.92 Å². The van der Waals surface area contributed by atoms with Crippen LogP contribution in [0.5, 0.6) is 0 Å². The molecule has 10 heteroatoms. The van der Waals surface area contributed by atoms with E-state index < -0.39 is 21.9 Å². The number of benzene rings is 2. The number of rotatable bonds is 6. The molecule has 32 heavy (non-hydrogen) atoms. The van der Waals surface area contributed by atoms with Crippen molar-refractivity contribution in [3.63, 3.8) is 0 Å². The Morgan fingerprint density at radius 2 is 1.81 bits per heavy atom. The lowest BCUT2D eigenvalue weighted by Crippen LogP contribution is -2.18. The molecule has 4 rings (SSSR count). The number of nitrogens with one attached hydrogen (secondary N) is 1. The van der Waals surface area contributed by atoms with Gasteiger partial charge in [-0.3, -0.25) is 9.48 Å². The summed E-state index contributed by atoms with van der Waals surface area (Å²) in [6.45, 7) is 1.93. The molecule has 0 aliphatic carbocycles. The van der Waals surface area contributed by atoms with E-state index in [1.54, 1.807) is 48.5 Å². The smallest absolute Gasteiger partial charge is 0.354 e. The second-order valence-electron chi connectivity index (χ2n) is 7.24. The SMILES string of the molecule is CNC(=O)c1cc(C(=O)O)n(Cc2cccc3c2ccn3S(=O)(=O)c2ccc(C)cc2)n1. The van der Waals surface area contributed by atoms with Crippen molar-refractivity contribution in [1.29, 1.82) is 0 Å². The Labute approximate surface area is 184 Å². The van der Waals surface area contributed by atoms with Gasteiger partial charge in [0.15, 0.2) is 5.69 Å². The normalized spacial score (nSPS) is 11.6. The summed E-state index contributed by atoms with van der Waals surface area (Å²) >= 11 is 0. The van der Waals surface area contributed by atoms with Gasteiger partial charge in [-0.05, 0) is 36.8 Å². The van der Waals surface area contributed by atoms with Crippen LogP contribution in [0.3, 0.4) is 0 Å². The van der Waals surface area contributed by atoms with E-state index in [1.165, 1.54) is 28.0 Å². The summed E-state index contributed by atoms with van der Waals surface area (Å²) in [4.78, 5) is 23.7. The van der Waals surface area contributed by atoms with E-state index >= 15 is 0 Å². The maximum absolute atomic E-state index is 13.2. The third-order valence-corrected chi connectivity index (χ3v) is 6.85. The Morgan fingerprint density at radius 3 is 2.47 bits per heavy atom. The highest BCUT2D eigenvalue weighted by molar-refractivity contribution is 7.90. The fraction of sp³-hybridized carbons (Fsp3) is 0.136. The van der Waals surface area contributed by atoms with Crippen molar-refractivity contribution in [3.8, 4) is 0 Å². The minimum atomic E-state index is -3.81. The molecule has 0 atom stereocenters. The maximum Gasteiger partial charge on any atom is 0.354 e. The molecule has 0 aliphatic rings. The molecule has 2 heterocycles. The summed E-state index contributed by atoms with van der Waals surface area (Å²) in [6.07, 6.45) is 1.47. The first kappa shape index (κ1) is 21.3. The number of carboxylic acid groups (broad SMARTS) is 1. The second-order valence-corrected chi connectivity index (χ2v) is 9.05. The van der Waals surface area contributed by atoms with Crippen LogP contribution in [0.15, 0.2) is 65.7 Å². The summed E-state index contributed by atoms with van der Waals surface area (Å²) in [5, 5.41) is 16.7. The summed E-state index contributed by atoms with van der Waals surface area (Å²) in [7, 11) is -2.38. The second kappa shape index (κ2) is 7.97. The van der Waals surface area contributed by atoms with Gasteiger partial charge in [0, 0.05) is 24.7 Å². The Morgan fingerprint density at radius 1 is 1.09 bits per heavy atom. The van der Waals surface area contributed by atoms with Crippen molar-refractivity contribution in [2.24, 2.45) is 0 Å². The average Bonchev–Trinajstić information content (AvgIpc) is 3.39. The first-order valence-electron chi connectivity index (χ1n) is 9.67. The average molecular weight is 452 g/mol. The Hall–Kier alpha value is -3.92. The highest BCUT2D eigenvalue weighted by Gasteiger charge is 2.21. The number of carboxylic acids is 1. The van der Waals surface area contributed by atoms with E-state index in [4.69, 9.17) is 0 Å². The fourth-order valence-corrected chi connectivity index (χ4v) is 4.83. The third kappa shape index (κ3) is 3.65. The van der Waals surface area contributed by atoms with Gasteiger partial charge in [0.25, 0.3) is 15.9 Å². The molecule has 0 saturated carbocycles. The van der Waals surface area contributed by atoms with Gasteiger partial charge >= 0.3 is 5.97 Å².